The minimum atomic E-state index is -0.208. The first kappa shape index (κ1) is 17.5. The highest BCUT2D eigenvalue weighted by Crippen LogP contribution is 2.33. The van der Waals surface area contributed by atoms with Gasteiger partial charge in [-0.05, 0) is 60.9 Å². The molecule has 0 spiro atoms. The Bertz CT molecular complexity index is 413. The third-order valence-corrected chi connectivity index (χ3v) is 4.49. The second kappa shape index (κ2) is 7.99. The smallest absolute Gasteiger partial charge is 0.123 e. The highest BCUT2D eigenvalue weighted by Gasteiger charge is 2.27. The second-order valence-corrected chi connectivity index (χ2v) is 6.55. The zero-order valence-electron chi connectivity index (χ0n) is 13.1. The average Bonchev–Trinajstić information content (AvgIpc) is 2.41. The maximum atomic E-state index is 13.4. The maximum Gasteiger partial charge on any atom is 0.123 e. The van der Waals surface area contributed by atoms with Crippen LogP contribution in [0.4, 0.5) is 4.39 Å². The van der Waals surface area contributed by atoms with Crippen LogP contribution in [0.15, 0.2) is 18.2 Å². The lowest BCUT2D eigenvalue weighted by Gasteiger charge is -2.33. The van der Waals surface area contributed by atoms with E-state index in [2.05, 4.69) is 33.0 Å². The van der Waals surface area contributed by atoms with Crippen molar-refractivity contribution in [2.45, 2.75) is 47.0 Å². The van der Waals surface area contributed by atoms with Gasteiger partial charge in [0.1, 0.15) is 5.82 Å². The Morgan fingerprint density at radius 1 is 1.25 bits per heavy atom. The summed E-state index contributed by atoms with van der Waals surface area (Å²) in [6.45, 7) is 10.8. The van der Waals surface area contributed by atoms with Crippen LogP contribution in [0.3, 0.4) is 0 Å². The van der Waals surface area contributed by atoms with Crippen LogP contribution in [0.5, 0.6) is 0 Å². The largest absolute Gasteiger partial charge is 0.316 e. The van der Waals surface area contributed by atoms with E-state index in [1.807, 2.05) is 0 Å². The Morgan fingerprint density at radius 3 is 2.45 bits per heavy atom. The molecule has 1 nitrogen and oxygen atoms in total. The molecule has 0 radical (unpaired) electrons. The molecular formula is C17H27ClFN. The van der Waals surface area contributed by atoms with Crippen molar-refractivity contribution in [3.05, 3.63) is 34.6 Å². The normalized spacial score (nSPS) is 12.2. The number of benzene rings is 1. The van der Waals surface area contributed by atoms with Gasteiger partial charge in [0.25, 0.3) is 0 Å². The molecule has 0 amide bonds. The molecule has 1 N–H and O–H groups in total. The van der Waals surface area contributed by atoms with Crippen LogP contribution < -0.4 is 5.32 Å². The quantitative estimate of drug-likeness (QED) is 0.706. The Hall–Kier alpha value is -0.600. The van der Waals surface area contributed by atoms with Crippen LogP contribution in [-0.4, -0.2) is 13.1 Å². The summed E-state index contributed by atoms with van der Waals surface area (Å²) in [6, 6.07) is 4.65. The van der Waals surface area contributed by atoms with E-state index in [1.54, 1.807) is 12.1 Å². The molecule has 0 unspecified atom stereocenters. The van der Waals surface area contributed by atoms with Gasteiger partial charge in [0.15, 0.2) is 0 Å². The van der Waals surface area contributed by atoms with Crippen LogP contribution in [0.1, 0.15) is 46.1 Å². The van der Waals surface area contributed by atoms with E-state index in [9.17, 15) is 4.39 Å². The van der Waals surface area contributed by atoms with E-state index in [1.165, 1.54) is 6.07 Å². The van der Waals surface area contributed by atoms with E-state index in [4.69, 9.17) is 11.6 Å². The molecule has 1 aromatic carbocycles. The van der Waals surface area contributed by atoms with E-state index in [-0.39, 0.29) is 11.2 Å². The second-order valence-electron chi connectivity index (χ2n) is 6.14. The lowest BCUT2D eigenvalue weighted by Crippen LogP contribution is -2.37. The third kappa shape index (κ3) is 5.06. The van der Waals surface area contributed by atoms with Gasteiger partial charge in [0, 0.05) is 11.6 Å². The molecule has 0 aromatic heterocycles. The molecule has 0 aliphatic heterocycles. The van der Waals surface area contributed by atoms with Crippen molar-refractivity contribution in [1.29, 1.82) is 0 Å². The topological polar surface area (TPSA) is 12.0 Å². The lowest BCUT2D eigenvalue weighted by atomic mass is 9.76. The first-order valence-electron chi connectivity index (χ1n) is 7.57. The first-order chi connectivity index (χ1) is 9.42. The van der Waals surface area contributed by atoms with Crippen molar-refractivity contribution in [3.8, 4) is 0 Å². The molecule has 0 aliphatic rings. The van der Waals surface area contributed by atoms with Gasteiger partial charge in [0.2, 0.25) is 0 Å². The molecule has 1 aromatic rings. The SMILES string of the molecule is CCC(CC)(CNCC(C)C)Cc1cc(F)ccc1Cl. The molecule has 1 rings (SSSR count). The number of halogens is 2. The molecule has 0 saturated carbocycles. The van der Waals surface area contributed by atoms with Gasteiger partial charge in [-0.3, -0.25) is 0 Å². The summed E-state index contributed by atoms with van der Waals surface area (Å²) in [5, 5.41) is 4.21. The Morgan fingerprint density at radius 2 is 1.90 bits per heavy atom. The third-order valence-electron chi connectivity index (χ3n) is 4.13. The fourth-order valence-electron chi connectivity index (χ4n) is 2.52. The van der Waals surface area contributed by atoms with Crippen molar-refractivity contribution in [3.63, 3.8) is 0 Å². The van der Waals surface area contributed by atoms with Crippen LogP contribution in [0.25, 0.3) is 0 Å². The van der Waals surface area contributed by atoms with Crippen molar-refractivity contribution in [2.24, 2.45) is 11.3 Å². The summed E-state index contributed by atoms with van der Waals surface area (Å²) < 4.78 is 13.4. The summed E-state index contributed by atoms with van der Waals surface area (Å²) in [6.07, 6.45) is 2.94. The van der Waals surface area contributed by atoms with E-state index < -0.39 is 0 Å². The number of hydrogen-bond donors (Lipinski definition) is 1. The van der Waals surface area contributed by atoms with Gasteiger partial charge in [-0.15, -0.1) is 0 Å². The highest BCUT2D eigenvalue weighted by atomic mass is 35.5. The van der Waals surface area contributed by atoms with Gasteiger partial charge >= 0.3 is 0 Å². The minimum Gasteiger partial charge on any atom is -0.316 e. The van der Waals surface area contributed by atoms with Gasteiger partial charge in [-0.25, -0.2) is 4.39 Å². The molecule has 20 heavy (non-hydrogen) atoms. The van der Waals surface area contributed by atoms with Crippen molar-refractivity contribution in [2.75, 3.05) is 13.1 Å². The van der Waals surface area contributed by atoms with Gasteiger partial charge < -0.3 is 5.32 Å². The highest BCUT2D eigenvalue weighted by molar-refractivity contribution is 6.31. The summed E-state index contributed by atoms with van der Waals surface area (Å²) in [7, 11) is 0. The fourth-order valence-corrected chi connectivity index (χ4v) is 2.71. The number of hydrogen-bond acceptors (Lipinski definition) is 1. The molecule has 0 aliphatic carbocycles. The zero-order chi connectivity index (χ0) is 15.2. The predicted octanol–water partition coefficient (Wildman–Crippen LogP) is 5.07. The predicted molar refractivity (Wildman–Crippen MR) is 85.8 cm³/mol. The Labute approximate surface area is 127 Å². The summed E-state index contributed by atoms with van der Waals surface area (Å²) in [5.41, 5.74) is 1.06. The first-order valence-corrected chi connectivity index (χ1v) is 7.95. The van der Waals surface area contributed by atoms with Gasteiger partial charge in [-0.2, -0.15) is 0 Å². The standard InChI is InChI=1S/C17H27ClFN/c1-5-17(6-2,12-20-11-13(3)4)10-14-9-15(19)7-8-16(14)18/h7-9,13,20H,5-6,10-12H2,1-4H3. The van der Waals surface area contributed by atoms with E-state index >= 15 is 0 Å². The Kier molecular flexibility index (Phi) is 6.97. The van der Waals surface area contributed by atoms with Crippen molar-refractivity contribution in [1.82, 2.24) is 5.32 Å². The van der Waals surface area contributed by atoms with Crippen LogP contribution in [0.2, 0.25) is 5.02 Å². The van der Waals surface area contributed by atoms with Crippen molar-refractivity contribution < 1.29 is 4.39 Å². The summed E-state index contributed by atoms with van der Waals surface area (Å²) in [5.74, 6) is 0.430. The van der Waals surface area contributed by atoms with Crippen molar-refractivity contribution >= 4 is 11.6 Å². The molecule has 3 heteroatoms. The van der Waals surface area contributed by atoms with Crippen LogP contribution in [0, 0.1) is 17.2 Å². The zero-order valence-corrected chi connectivity index (χ0v) is 13.9. The summed E-state index contributed by atoms with van der Waals surface area (Å²) in [4.78, 5) is 0. The summed E-state index contributed by atoms with van der Waals surface area (Å²) >= 11 is 6.21. The Balaban J connectivity index is 2.81. The van der Waals surface area contributed by atoms with E-state index in [0.717, 1.165) is 37.9 Å². The molecule has 114 valence electrons. The molecular weight excluding hydrogens is 273 g/mol. The van der Waals surface area contributed by atoms with Crippen LogP contribution in [-0.2, 0) is 6.42 Å². The molecule has 0 fully saturated rings. The lowest BCUT2D eigenvalue weighted by molar-refractivity contribution is 0.243. The molecule has 0 bridgehead atoms. The maximum absolute atomic E-state index is 13.4. The molecule has 0 saturated heterocycles. The van der Waals surface area contributed by atoms with Gasteiger partial charge in [-0.1, -0.05) is 39.3 Å². The molecule has 0 heterocycles. The number of nitrogens with one attached hydrogen (secondary N) is 1. The monoisotopic (exact) mass is 299 g/mol. The fraction of sp³-hybridized carbons (Fsp3) is 0.647. The minimum absolute atomic E-state index is 0.145. The van der Waals surface area contributed by atoms with E-state index in [0.29, 0.717) is 10.9 Å². The number of rotatable bonds is 8. The molecule has 0 atom stereocenters. The van der Waals surface area contributed by atoms with Crippen LogP contribution >= 0.6 is 11.6 Å². The average molecular weight is 300 g/mol. The van der Waals surface area contributed by atoms with Gasteiger partial charge in [0.05, 0.1) is 0 Å².